The molecule has 0 aromatic heterocycles. The lowest BCUT2D eigenvalue weighted by Gasteiger charge is -2.24. The van der Waals surface area contributed by atoms with Crippen LogP contribution in [0.5, 0.6) is 0 Å². The lowest BCUT2D eigenvalue weighted by atomic mass is 10.1. The molecular formula is C19H20ClNO2. The van der Waals surface area contributed by atoms with Gasteiger partial charge in [-0.15, -0.1) is 0 Å². The summed E-state index contributed by atoms with van der Waals surface area (Å²) in [6.07, 6.45) is 2.14. The number of rotatable bonds is 5. The van der Waals surface area contributed by atoms with Gasteiger partial charge >= 0.3 is 5.97 Å². The third-order valence-corrected chi connectivity index (χ3v) is 4.47. The summed E-state index contributed by atoms with van der Waals surface area (Å²) in [5.41, 5.74) is 1.43. The highest BCUT2D eigenvalue weighted by Gasteiger charge is 2.23. The van der Waals surface area contributed by atoms with E-state index in [0.29, 0.717) is 10.6 Å². The second kappa shape index (κ2) is 7.62. The molecule has 23 heavy (non-hydrogen) atoms. The summed E-state index contributed by atoms with van der Waals surface area (Å²) in [6.45, 7) is 2.85. The summed E-state index contributed by atoms with van der Waals surface area (Å²) in [6, 6.07) is 16.9. The summed E-state index contributed by atoms with van der Waals surface area (Å²) in [4.78, 5) is 14.8. The second-order valence-corrected chi connectivity index (χ2v) is 6.20. The Kier molecular flexibility index (Phi) is 5.31. The smallest absolute Gasteiger partial charge is 0.340 e. The van der Waals surface area contributed by atoms with Crippen LogP contribution in [-0.4, -0.2) is 30.5 Å². The van der Waals surface area contributed by atoms with Crippen molar-refractivity contribution in [1.29, 1.82) is 0 Å². The molecule has 0 spiro atoms. The summed E-state index contributed by atoms with van der Waals surface area (Å²) in [5, 5.41) is 0.422. The van der Waals surface area contributed by atoms with E-state index in [0.717, 1.165) is 25.2 Å². The summed E-state index contributed by atoms with van der Waals surface area (Å²) < 4.78 is 5.80. The maximum Gasteiger partial charge on any atom is 0.340 e. The van der Waals surface area contributed by atoms with Gasteiger partial charge in [-0.1, -0.05) is 54.1 Å². The van der Waals surface area contributed by atoms with E-state index >= 15 is 0 Å². The minimum atomic E-state index is -0.372. The number of hydrogen-bond donors (Lipinski definition) is 0. The number of benzene rings is 2. The van der Waals surface area contributed by atoms with Crippen LogP contribution in [0.25, 0.3) is 0 Å². The molecule has 2 aromatic rings. The molecule has 1 atom stereocenters. The van der Waals surface area contributed by atoms with Crippen LogP contribution in [-0.2, 0) is 4.74 Å². The largest absolute Gasteiger partial charge is 0.452 e. The third-order valence-electron chi connectivity index (χ3n) is 4.14. The molecule has 2 aromatic carbocycles. The zero-order valence-electron chi connectivity index (χ0n) is 13.0. The van der Waals surface area contributed by atoms with E-state index in [2.05, 4.69) is 4.90 Å². The molecule has 0 saturated carbocycles. The maximum atomic E-state index is 12.5. The van der Waals surface area contributed by atoms with Crippen molar-refractivity contribution >= 4 is 17.6 Å². The fraction of sp³-hybridized carbons (Fsp3) is 0.316. The van der Waals surface area contributed by atoms with Crippen molar-refractivity contribution in [2.75, 3.05) is 19.6 Å². The number of esters is 1. The van der Waals surface area contributed by atoms with Gasteiger partial charge in [0.1, 0.15) is 6.10 Å². The number of likely N-dealkylation sites (tertiary alicyclic amines) is 1. The van der Waals surface area contributed by atoms with Gasteiger partial charge < -0.3 is 4.74 Å². The number of halogens is 1. The van der Waals surface area contributed by atoms with Crippen molar-refractivity contribution in [3.05, 3.63) is 70.7 Å². The molecular weight excluding hydrogens is 310 g/mol. The van der Waals surface area contributed by atoms with Gasteiger partial charge in [0.15, 0.2) is 0 Å². The maximum absolute atomic E-state index is 12.5. The molecule has 1 fully saturated rings. The van der Waals surface area contributed by atoms with E-state index in [9.17, 15) is 4.79 Å². The molecule has 1 aliphatic heterocycles. The normalized spacial score (nSPS) is 16.2. The minimum Gasteiger partial charge on any atom is -0.452 e. The van der Waals surface area contributed by atoms with Crippen LogP contribution in [0.2, 0.25) is 5.02 Å². The summed E-state index contributed by atoms with van der Waals surface area (Å²) >= 11 is 6.11. The Morgan fingerprint density at radius 3 is 2.39 bits per heavy atom. The lowest BCUT2D eigenvalue weighted by molar-refractivity contribution is 0.0216. The van der Waals surface area contributed by atoms with E-state index in [1.165, 1.54) is 12.8 Å². The Bertz CT molecular complexity index is 653. The van der Waals surface area contributed by atoms with Crippen LogP contribution in [0.15, 0.2) is 54.6 Å². The highest BCUT2D eigenvalue weighted by Crippen LogP contribution is 2.24. The molecule has 0 aliphatic carbocycles. The van der Waals surface area contributed by atoms with E-state index in [-0.39, 0.29) is 12.1 Å². The topological polar surface area (TPSA) is 29.5 Å². The lowest BCUT2D eigenvalue weighted by Crippen LogP contribution is -2.28. The number of hydrogen-bond acceptors (Lipinski definition) is 3. The Morgan fingerprint density at radius 2 is 1.70 bits per heavy atom. The monoisotopic (exact) mass is 329 g/mol. The number of ether oxygens (including phenoxy) is 1. The minimum absolute atomic E-state index is 0.280. The predicted molar refractivity (Wildman–Crippen MR) is 91.7 cm³/mol. The Hall–Kier alpha value is -1.84. The first-order chi connectivity index (χ1) is 11.2. The van der Waals surface area contributed by atoms with Gasteiger partial charge in [-0.2, -0.15) is 0 Å². The van der Waals surface area contributed by atoms with Crippen LogP contribution in [0, 0.1) is 0 Å². The van der Waals surface area contributed by atoms with Crippen molar-refractivity contribution in [3.8, 4) is 0 Å². The zero-order valence-corrected chi connectivity index (χ0v) is 13.7. The van der Waals surface area contributed by atoms with Gasteiger partial charge in [-0.25, -0.2) is 4.79 Å². The first kappa shape index (κ1) is 16.0. The van der Waals surface area contributed by atoms with Crippen molar-refractivity contribution in [3.63, 3.8) is 0 Å². The Labute approximate surface area is 141 Å². The van der Waals surface area contributed by atoms with E-state index in [1.54, 1.807) is 24.3 Å². The fourth-order valence-corrected chi connectivity index (χ4v) is 3.11. The van der Waals surface area contributed by atoms with Crippen molar-refractivity contribution < 1.29 is 9.53 Å². The average molecular weight is 330 g/mol. The van der Waals surface area contributed by atoms with Crippen LogP contribution in [0.1, 0.15) is 34.9 Å². The van der Waals surface area contributed by atoms with Gasteiger partial charge in [0.25, 0.3) is 0 Å². The molecule has 4 heteroatoms. The molecule has 120 valence electrons. The van der Waals surface area contributed by atoms with E-state index < -0.39 is 0 Å². The number of nitrogens with zero attached hydrogens (tertiary/aromatic N) is 1. The van der Waals surface area contributed by atoms with Crippen molar-refractivity contribution in [1.82, 2.24) is 4.90 Å². The van der Waals surface area contributed by atoms with Gasteiger partial charge in [0, 0.05) is 6.54 Å². The highest BCUT2D eigenvalue weighted by molar-refractivity contribution is 6.33. The van der Waals surface area contributed by atoms with E-state index in [4.69, 9.17) is 16.3 Å². The van der Waals surface area contributed by atoms with Crippen LogP contribution >= 0.6 is 11.6 Å². The molecule has 1 heterocycles. The number of carbonyl (C=O) groups excluding carboxylic acids is 1. The molecule has 1 aliphatic rings. The first-order valence-corrected chi connectivity index (χ1v) is 8.34. The molecule has 0 radical (unpaired) electrons. The Morgan fingerprint density at radius 1 is 1.04 bits per heavy atom. The molecule has 1 saturated heterocycles. The predicted octanol–water partition coefficient (Wildman–Crippen LogP) is 4.33. The van der Waals surface area contributed by atoms with Crippen molar-refractivity contribution in [2.24, 2.45) is 0 Å². The van der Waals surface area contributed by atoms with Crippen molar-refractivity contribution in [2.45, 2.75) is 18.9 Å². The van der Waals surface area contributed by atoms with Gasteiger partial charge in [0.2, 0.25) is 0 Å². The van der Waals surface area contributed by atoms with E-state index in [1.807, 2.05) is 30.3 Å². The van der Waals surface area contributed by atoms with Gasteiger partial charge in [-0.3, -0.25) is 4.90 Å². The van der Waals surface area contributed by atoms with Gasteiger partial charge in [0.05, 0.1) is 10.6 Å². The molecule has 0 bridgehead atoms. The Balaban J connectivity index is 1.78. The molecule has 3 rings (SSSR count). The standard InChI is InChI=1S/C19H20ClNO2/c20-17-11-5-4-10-16(17)19(22)23-18(14-21-12-6-7-13-21)15-8-2-1-3-9-15/h1-5,8-11,18H,6-7,12-14H2. The SMILES string of the molecule is O=C(OC(CN1CCCC1)c1ccccc1)c1ccccc1Cl. The third kappa shape index (κ3) is 4.12. The summed E-state index contributed by atoms with van der Waals surface area (Å²) in [5.74, 6) is -0.372. The molecule has 0 amide bonds. The number of carbonyl (C=O) groups is 1. The summed E-state index contributed by atoms with van der Waals surface area (Å²) in [7, 11) is 0. The van der Waals surface area contributed by atoms with Crippen LogP contribution in [0.4, 0.5) is 0 Å². The fourth-order valence-electron chi connectivity index (χ4n) is 2.90. The van der Waals surface area contributed by atoms with Crippen LogP contribution in [0.3, 0.4) is 0 Å². The quantitative estimate of drug-likeness (QED) is 0.764. The molecule has 0 N–H and O–H groups in total. The molecule has 3 nitrogen and oxygen atoms in total. The second-order valence-electron chi connectivity index (χ2n) is 5.79. The highest BCUT2D eigenvalue weighted by atomic mass is 35.5. The zero-order chi connectivity index (χ0) is 16.1. The van der Waals surface area contributed by atoms with Crippen LogP contribution < -0.4 is 0 Å². The van der Waals surface area contributed by atoms with Gasteiger partial charge in [-0.05, 0) is 43.6 Å². The first-order valence-electron chi connectivity index (χ1n) is 7.97. The molecule has 1 unspecified atom stereocenters. The average Bonchev–Trinajstić information content (AvgIpc) is 3.08.